The minimum Gasteiger partial charge on any atom is -0.476 e. The largest absolute Gasteiger partial charge is 0.476 e. The summed E-state index contributed by atoms with van der Waals surface area (Å²) < 4.78 is 12.9. The van der Waals surface area contributed by atoms with Gasteiger partial charge in [0.15, 0.2) is 6.10 Å². The van der Waals surface area contributed by atoms with E-state index in [9.17, 15) is 9.59 Å². The zero-order valence-electron chi connectivity index (χ0n) is 17.3. The lowest BCUT2D eigenvalue weighted by atomic mass is 10.1. The second kappa shape index (κ2) is 7.62. The number of carbonyl (C=O) groups excluding carboxylic acids is 2. The van der Waals surface area contributed by atoms with Crippen LogP contribution in [0.1, 0.15) is 22.0 Å². The van der Waals surface area contributed by atoms with Gasteiger partial charge in [-0.25, -0.2) is 9.50 Å². The molecule has 2 aliphatic heterocycles. The van der Waals surface area contributed by atoms with Gasteiger partial charge >= 0.3 is 0 Å². The average molecular weight is 422 g/mol. The smallest absolute Gasteiger partial charge is 0.298 e. The molecule has 10 nitrogen and oxygen atoms in total. The summed E-state index contributed by atoms with van der Waals surface area (Å²) in [5, 5.41) is 4.36. The summed E-state index contributed by atoms with van der Waals surface area (Å²) in [6.07, 6.45) is -0.809. The Balaban J connectivity index is 1.49. The Kier molecular flexibility index (Phi) is 4.78. The average Bonchev–Trinajstić information content (AvgIpc) is 3.22. The molecule has 3 aromatic rings. The van der Waals surface area contributed by atoms with Gasteiger partial charge in [-0.2, -0.15) is 4.98 Å². The highest BCUT2D eigenvalue weighted by Crippen LogP contribution is 2.34. The number of aryl methyl sites for hydroxylation is 2. The molecule has 2 aliphatic rings. The van der Waals surface area contributed by atoms with Gasteiger partial charge in [0, 0.05) is 24.5 Å². The predicted octanol–water partition coefficient (Wildman–Crippen LogP) is 1.01. The summed E-state index contributed by atoms with van der Waals surface area (Å²) in [6, 6.07) is 9.03. The third-order valence-electron chi connectivity index (χ3n) is 5.43. The number of hydrogen-bond acceptors (Lipinski definition) is 7. The number of ether oxygens (including phenoxy) is 2. The number of aromatic nitrogens is 4. The first kappa shape index (κ1) is 19.4. The molecule has 4 heterocycles. The zero-order chi connectivity index (χ0) is 21.5. The Bertz CT molecular complexity index is 1170. The van der Waals surface area contributed by atoms with Gasteiger partial charge in [-0.1, -0.05) is 12.1 Å². The SMILES string of the molecule is Cc1cc(C)n2nc(C(=O)N3CC(C(=O)N4CCOCC4)Oc4ccccc43)nc2n1. The lowest BCUT2D eigenvalue weighted by molar-refractivity contribution is -0.142. The summed E-state index contributed by atoms with van der Waals surface area (Å²) >= 11 is 0. The zero-order valence-corrected chi connectivity index (χ0v) is 17.3. The number of benzene rings is 1. The van der Waals surface area contributed by atoms with Crippen molar-refractivity contribution in [2.45, 2.75) is 20.0 Å². The molecule has 0 bridgehead atoms. The topological polar surface area (TPSA) is 102 Å². The first-order valence-corrected chi connectivity index (χ1v) is 10.2. The molecular formula is C21H22N6O4. The Morgan fingerprint density at radius 2 is 1.87 bits per heavy atom. The minimum atomic E-state index is -0.809. The number of fused-ring (bicyclic) bond motifs is 2. The predicted molar refractivity (Wildman–Crippen MR) is 110 cm³/mol. The Labute approximate surface area is 178 Å². The molecule has 0 spiro atoms. The molecular weight excluding hydrogens is 400 g/mol. The fourth-order valence-corrected chi connectivity index (χ4v) is 3.92. The second-order valence-electron chi connectivity index (χ2n) is 7.61. The number of rotatable bonds is 2. The van der Waals surface area contributed by atoms with Crippen molar-refractivity contribution in [3.8, 4) is 5.75 Å². The number of carbonyl (C=O) groups is 2. The van der Waals surface area contributed by atoms with Gasteiger partial charge in [0.2, 0.25) is 5.82 Å². The molecule has 31 heavy (non-hydrogen) atoms. The lowest BCUT2D eigenvalue weighted by Gasteiger charge is -2.36. The van der Waals surface area contributed by atoms with Crippen molar-refractivity contribution in [2.75, 3.05) is 37.7 Å². The fourth-order valence-electron chi connectivity index (χ4n) is 3.92. The highest BCUT2D eigenvalue weighted by Gasteiger charge is 2.37. The van der Waals surface area contributed by atoms with Crippen molar-refractivity contribution in [1.29, 1.82) is 0 Å². The van der Waals surface area contributed by atoms with E-state index < -0.39 is 12.0 Å². The van der Waals surface area contributed by atoms with Crippen LogP contribution in [-0.4, -0.2) is 75.2 Å². The quantitative estimate of drug-likeness (QED) is 0.607. The van der Waals surface area contributed by atoms with Crippen LogP contribution in [0.3, 0.4) is 0 Å². The normalized spacial score (nSPS) is 18.6. The number of amides is 2. The molecule has 1 atom stereocenters. The van der Waals surface area contributed by atoms with Crippen molar-refractivity contribution in [1.82, 2.24) is 24.5 Å². The number of anilines is 1. The van der Waals surface area contributed by atoms with Gasteiger partial charge in [0.05, 0.1) is 25.4 Å². The molecule has 1 saturated heterocycles. The van der Waals surface area contributed by atoms with E-state index in [1.807, 2.05) is 32.0 Å². The molecule has 10 heteroatoms. The maximum Gasteiger partial charge on any atom is 0.298 e. The lowest BCUT2D eigenvalue weighted by Crippen LogP contribution is -2.54. The molecule has 1 aromatic carbocycles. The van der Waals surface area contributed by atoms with Gasteiger partial charge in [0.1, 0.15) is 5.75 Å². The van der Waals surface area contributed by atoms with E-state index in [0.29, 0.717) is 43.5 Å². The molecule has 2 aromatic heterocycles. The monoisotopic (exact) mass is 422 g/mol. The number of morpholine rings is 1. The van der Waals surface area contributed by atoms with Gasteiger partial charge in [-0.3, -0.25) is 14.5 Å². The molecule has 1 fully saturated rings. The van der Waals surface area contributed by atoms with E-state index in [4.69, 9.17) is 9.47 Å². The maximum atomic E-state index is 13.4. The third-order valence-corrected chi connectivity index (χ3v) is 5.43. The van der Waals surface area contributed by atoms with Crippen LogP contribution in [0.15, 0.2) is 30.3 Å². The van der Waals surface area contributed by atoms with Crippen LogP contribution < -0.4 is 9.64 Å². The highest BCUT2D eigenvalue weighted by atomic mass is 16.5. The van der Waals surface area contributed by atoms with Crippen molar-refractivity contribution < 1.29 is 19.1 Å². The van der Waals surface area contributed by atoms with Crippen molar-refractivity contribution in [3.63, 3.8) is 0 Å². The van der Waals surface area contributed by atoms with E-state index >= 15 is 0 Å². The standard InChI is InChI=1S/C21H22N6O4/c1-13-11-14(2)27-21(22-13)23-18(24-27)20(29)26-12-17(19(28)25-7-9-30-10-8-25)31-16-6-4-3-5-15(16)26/h3-6,11,17H,7-10,12H2,1-2H3. The van der Waals surface area contributed by atoms with Gasteiger partial charge in [-0.15, -0.1) is 5.10 Å². The molecule has 160 valence electrons. The Morgan fingerprint density at radius 3 is 2.68 bits per heavy atom. The van der Waals surface area contributed by atoms with Crippen LogP contribution in [0, 0.1) is 13.8 Å². The number of para-hydroxylation sites is 2. The summed E-state index contributed by atoms with van der Waals surface area (Å²) in [5.74, 6) is 0.297. The van der Waals surface area contributed by atoms with Crippen LogP contribution in [0.5, 0.6) is 5.75 Å². The van der Waals surface area contributed by atoms with Gasteiger partial charge in [-0.05, 0) is 32.0 Å². The highest BCUT2D eigenvalue weighted by molar-refractivity contribution is 6.05. The molecule has 5 rings (SSSR count). The summed E-state index contributed by atoms with van der Waals surface area (Å²) in [5.41, 5.74) is 2.21. The minimum absolute atomic E-state index is 0.0236. The van der Waals surface area contributed by atoms with E-state index in [-0.39, 0.29) is 18.3 Å². The maximum absolute atomic E-state index is 13.4. The van der Waals surface area contributed by atoms with Crippen LogP contribution in [0.2, 0.25) is 0 Å². The molecule has 0 saturated carbocycles. The van der Waals surface area contributed by atoms with E-state index in [2.05, 4.69) is 15.1 Å². The summed E-state index contributed by atoms with van der Waals surface area (Å²) in [4.78, 5) is 38.4. The Morgan fingerprint density at radius 1 is 1.10 bits per heavy atom. The number of nitrogens with zero attached hydrogens (tertiary/aromatic N) is 6. The van der Waals surface area contributed by atoms with Gasteiger partial charge < -0.3 is 14.4 Å². The Hall–Kier alpha value is -3.53. The third kappa shape index (κ3) is 3.48. The van der Waals surface area contributed by atoms with E-state index in [1.165, 1.54) is 4.90 Å². The summed E-state index contributed by atoms with van der Waals surface area (Å²) in [6.45, 7) is 5.82. The fraction of sp³-hybridized carbons (Fsp3) is 0.381. The van der Waals surface area contributed by atoms with Gasteiger partial charge in [0.25, 0.3) is 17.6 Å². The molecule has 2 amide bonds. The molecule has 0 radical (unpaired) electrons. The van der Waals surface area contributed by atoms with Crippen molar-refractivity contribution in [2.24, 2.45) is 0 Å². The second-order valence-corrected chi connectivity index (χ2v) is 7.61. The molecule has 0 N–H and O–H groups in total. The van der Waals surface area contributed by atoms with Crippen LogP contribution in [0.25, 0.3) is 5.78 Å². The van der Waals surface area contributed by atoms with E-state index in [1.54, 1.807) is 21.5 Å². The molecule has 1 unspecified atom stereocenters. The van der Waals surface area contributed by atoms with Crippen LogP contribution in [0.4, 0.5) is 5.69 Å². The first-order chi connectivity index (χ1) is 15.0. The molecule has 0 aliphatic carbocycles. The van der Waals surface area contributed by atoms with Crippen LogP contribution in [-0.2, 0) is 9.53 Å². The van der Waals surface area contributed by atoms with E-state index in [0.717, 1.165) is 11.4 Å². The summed E-state index contributed by atoms with van der Waals surface area (Å²) in [7, 11) is 0. The van der Waals surface area contributed by atoms with Crippen molar-refractivity contribution >= 4 is 23.3 Å². The number of hydrogen-bond donors (Lipinski definition) is 0. The first-order valence-electron chi connectivity index (χ1n) is 10.2. The van der Waals surface area contributed by atoms with Crippen LogP contribution >= 0.6 is 0 Å². The van der Waals surface area contributed by atoms with Crippen molar-refractivity contribution in [3.05, 3.63) is 47.5 Å².